The third-order valence-corrected chi connectivity index (χ3v) is 1.45. The molecule has 1 aromatic heterocycles. The highest BCUT2D eigenvalue weighted by molar-refractivity contribution is 5.97. The molecule has 1 aromatic rings. The molecule has 0 saturated carbocycles. The quantitative estimate of drug-likeness (QED) is 0.599. The topological polar surface area (TPSA) is 83.8 Å². The van der Waals surface area contributed by atoms with Crippen LogP contribution in [-0.2, 0) is 0 Å². The van der Waals surface area contributed by atoms with Gasteiger partial charge in [-0.3, -0.25) is 9.89 Å². The van der Waals surface area contributed by atoms with Gasteiger partial charge in [0.15, 0.2) is 0 Å². The van der Waals surface area contributed by atoms with Crippen molar-refractivity contribution >= 4 is 11.7 Å². The van der Waals surface area contributed by atoms with E-state index >= 15 is 0 Å². The van der Waals surface area contributed by atoms with Crippen LogP contribution >= 0.6 is 0 Å². The Morgan fingerprint density at radius 3 is 3.08 bits per heavy atom. The second kappa shape index (κ2) is 3.75. The van der Waals surface area contributed by atoms with Gasteiger partial charge >= 0.3 is 0 Å². The average Bonchev–Trinajstić information content (AvgIpc) is 2.47. The molecule has 12 heavy (non-hydrogen) atoms. The number of aromatic nitrogens is 2. The van der Waals surface area contributed by atoms with Crippen LogP contribution in [-0.4, -0.2) is 22.6 Å². The standard InChI is InChI=1S/C7H12N4O/c1-2-3-9-7(12)5-4-10-11-6(5)8/h4H,2-3H2,1H3,(H,9,12)(H3,8,10,11). The first-order valence-electron chi connectivity index (χ1n) is 3.82. The van der Waals surface area contributed by atoms with Crippen LogP contribution in [0.15, 0.2) is 6.20 Å². The van der Waals surface area contributed by atoms with Crippen molar-refractivity contribution in [2.45, 2.75) is 13.3 Å². The Hall–Kier alpha value is -1.52. The Bertz CT molecular complexity index is 268. The third-order valence-electron chi connectivity index (χ3n) is 1.45. The Kier molecular flexibility index (Phi) is 2.68. The van der Waals surface area contributed by atoms with Crippen LogP contribution < -0.4 is 11.1 Å². The fraction of sp³-hybridized carbons (Fsp3) is 0.429. The lowest BCUT2D eigenvalue weighted by Gasteiger charge is -2.00. The highest BCUT2D eigenvalue weighted by Crippen LogP contribution is 2.04. The van der Waals surface area contributed by atoms with Gasteiger partial charge in [0.25, 0.3) is 5.91 Å². The SMILES string of the molecule is CCCNC(=O)c1cn[nH]c1N. The summed E-state index contributed by atoms with van der Waals surface area (Å²) >= 11 is 0. The molecule has 0 aliphatic carbocycles. The van der Waals surface area contributed by atoms with Gasteiger partial charge in [0, 0.05) is 6.54 Å². The summed E-state index contributed by atoms with van der Waals surface area (Å²) in [5.41, 5.74) is 5.84. The summed E-state index contributed by atoms with van der Waals surface area (Å²) in [5.74, 6) is 0.131. The molecule has 4 N–H and O–H groups in total. The van der Waals surface area contributed by atoms with Crippen LogP contribution in [0, 0.1) is 0 Å². The molecule has 0 fully saturated rings. The van der Waals surface area contributed by atoms with E-state index in [9.17, 15) is 4.79 Å². The van der Waals surface area contributed by atoms with E-state index in [1.165, 1.54) is 6.20 Å². The molecule has 0 bridgehead atoms. The van der Waals surface area contributed by atoms with E-state index in [2.05, 4.69) is 15.5 Å². The summed E-state index contributed by atoms with van der Waals surface area (Å²) in [7, 11) is 0. The third kappa shape index (κ3) is 1.75. The molecule has 5 heteroatoms. The van der Waals surface area contributed by atoms with Crippen LogP contribution in [0.4, 0.5) is 5.82 Å². The number of nitrogen functional groups attached to an aromatic ring is 1. The zero-order valence-corrected chi connectivity index (χ0v) is 6.92. The molecule has 1 amide bonds. The number of rotatable bonds is 3. The number of hydrogen-bond donors (Lipinski definition) is 3. The van der Waals surface area contributed by atoms with Gasteiger partial charge in [0.2, 0.25) is 0 Å². The number of amides is 1. The van der Waals surface area contributed by atoms with Gasteiger partial charge in [-0.05, 0) is 6.42 Å². The van der Waals surface area contributed by atoms with E-state index in [0.717, 1.165) is 6.42 Å². The summed E-state index contributed by atoms with van der Waals surface area (Å²) in [5, 5.41) is 8.83. The molecule has 5 nitrogen and oxygen atoms in total. The lowest BCUT2D eigenvalue weighted by Crippen LogP contribution is -2.24. The number of nitrogens with one attached hydrogen (secondary N) is 2. The van der Waals surface area contributed by atoms with Crippen molar-refractivity contribution in [3.63, 3.8) is 0 Å². The summed E-state index contributed by atoms with van der Waals surface area (Å²) in [6, 6.07) is 0. The van der Waals surface area contributed by atoms with Gasteiger partial charge in [-0.1, -0.05) is 6.92 Å². The van der Waals surface area contributed by atoms with E-state index in [0.29, 0.717) is 17.9 Å². The summed E-state index contributed by atoms with van der Waals surface area (Å²) in [6.07, 6.45) is 2.32. The molecule has 66 valence electrons. The minimum atomic E-state index is -0.178. The Labute approximate surface area is 70.3 Å². The molecule has 0 spiro atoms. The normalized spacial score (nSPS) is 9.75. The van der Waals surface area contributed by atoms with E-state index in [1.54, 1.807) is 0 Å². The van der Waals surface area contributed by atoms with Gasteiger partial charge in [-0.15, -0.1) is 0 Å². The minimum Gasteiger partial charge on any atom is -0.383 e. The van der Waals surface area contributed by atoms with Gasteiger partial charge in [-0.25, -0.2) is 0 Å². The van der Waals surface area contributed by atoms with Gasteiger partial charge in [-0.2, -0.15) is 5.10 Å². The van der Waals surface area contributed by atoms with Gasteiger partial charge in [0.05, 0.1) is 6.20 Å². The van der Waals surface area contributed by atoms with Crippen molar-refractivity contribution in [3.05, 3.63) is 11.8 Å². The van der Waals surface area contributed by atoms with Crippen LogP contribution in [0.2, 0.25) is 0 Å². The van der Waals surface area contributed by atoms with Gasteiger partial charge in [0.1, 0.15) is 11.4 Å². The molecule has 1 heterocycles. The molecular weight excluding hydrogens is 156 g/mol. The zero-order valence-electron chi connectivity index (χ0n) is 6.92. The van der Waals surface area contributed by atoms with Crippen LogP contribution in [0.5, 0.6) is 0 Å². The molecule has 0 aliphatic heterocycles. The van der Waals surface area contributed by atoms with E-state index in [1.807, 2.05) is 6.92 Å². The van der Waals surface area contributed by atoms with Crippen molar-refractivity contribution in [2.24, 2.45) is 0 Å². The van der Waals surface area contributed by atoms with Crippen molar-refractivity contribution in [1.29, 1.82) is 0 Å². The maximum absolute atomic E-state index is 11.2. The average molecular weight is 168 g/mol. The first-order valence-corrected chi connectivity index (χ1v) is 3.82. The van der Waals surface area contributed by atoms with E-state index in [-0.39, 0.29) is 5.91 Å². The smallest absolute Gasteiger partial charge is 0.256 e. The second-order valence-corrected chi connectivity index (χ2v) is 2.45. The second-order valence-electron chi connectivity index (χ2n) is 2.45. The maximum atomic E-state index is 11.2. The monoisotopic (exact) mass is 168 g/mol. The fourth-order valence-electron chi connectivity index (χ4n) is 0.811. The van der Waals surface area contributed by atoms with Crippen LogP contribution in [0.25, 0.3) is 0 Å². The summed E-state index contributed by atoms with van der Waals surface area (Å²) in [6.45, 7) is 2.64. The Morgan fingerprint density at radius 1 is 1.83 bits per heavy atom. The summed E-state index contributed by atoms with van der Waals surface area (Å²) in [4.78, 5) is 11.2. The zero-order chi connectivity index (χ0) is 8.97. The van der Waals surface area contributed by atoms with Crippen molar-refractivity contribution in [3.8, 4) is 0 Å². The molecule has 0 unspecified atom stereocenters. The molecule has 1 rings (SSSR count). The highest BCUT2D eigenvalue weighted by Gasteiger charge is 2.09. The number of carbonyl (C=O) groups is 1. The Morgan fingerprint density at radius 2 is 2.58 bits per heavy atom. The lowest BCUT2D eigenvalue weighted by molar-refractivity contribution is 0.0954. The van der Waals surface area contributed by atoms with Crippen molar-refractivity contribution in [1.82, 2.24) is 15.5 Å². The predicted molar refractivity (Wildman–Crippen MR) is 45.6 cm³/mol. The minimum absolute atomic E-state index is 0.178. The fourth-order valence-corrected chi connectivity index (χ4v) is 0.811. The molecule has 0 aromatic carbocycles. The maximum Gasteiger partial charge on any atom is 0.256 e. The number of hydrogen-bond acceptors (Lipinski definition) is 3. The van der Waals surface area contributed by atoms with E-state index in [4.69, 9.17) is 5.73 Å². The van der Waals surface area contributed by atoms with E-state index < -0.39 is 0 Å². The number of anilines is 1. The largest absolute Gasteiger partial charge is 0.383 e. The molecule has 0 aliphatic rings. The molecular formula is C7H12N4O. The number of H-pyrrole nitrogens is 1. The number of carbonyl (C=O) groups excluding carboxylic acids is 1. The molecule has 0 radical (unpaired) electrons. The first-order chi connectivity index (χ1) is 5.75. The van der Waals surface area contributed by atoms with Gasteiger partial charge < -0.3 is 11.1 Å². The van der Waals surface area contributed by atoms with Crippen LogP contribution in [0.1, 0.15) is 23.7 Å². The van der Waals surface area contributed by atoms with Crippen LogP contribution in [0.3, 0.4) is 0 Å². The summed E-state index contributed by atoms with van der Waals surface area (Å²) < 4.78 is 0. The number of nitrogens with two attached hydrogens (primary N) is 1. The van der Waals surface area contributed by atoms with Crippen molar-refractivity contribution < 1.29 is 4.79 Å². The lowest BCUT2D eigenvalue weighted by atomic mass is 10.3. The predicted octanol–water partition coefficient (Wildman–Crippen LogP) is 0.132. The first kappa shape index (κ1) is 8.58. The number of aromatic amines is 1. The Balaban J connectivity index is 2.59. The van der Waals surface area contributed by atoms with Crippen molar-refractivity contribution in [2.75, 3.05) is 12.3 Å². The number of nitrogens with zero attached hydrogens (tertiary/aromatic N) is 1. The highest BCUT2D eigenvalue weighted by atomic mass is 16.1. The molecule has 0 atom stereocenters. The molecule has 0 saturated heterocycles.